The number of rotatable bonds is 4. The third-order valence-electron chi connectivity index (χ3n) is 3.47. The second kappa shape index (κ2) is 6.15. The van der Waals surface area contributed by atoms with Crippen molar-refractivity contribution < 1.29 is 13.7 Å². The summed E-state index contributed by atoms with van der Waals surface area (Å²) in [6, 6.07) is 8.66. The number of nitrogens with zero attached hydrogens (tertiary/aromatic N) is 1. The monoisotopic (exact) mass is 276 g/mol. The normalized spacial score (nSPS) is 16.4. The van der Waals surface area contributed by atoms with Gasteiger partial charge in [-0.25, -0.2) is 4.39 Å². The van der Waals surface area contributed by atoms with Crippen LogP contribution in [-0.4, -0.2) is 24.4 Å². The van der Waals surface area contributed by atoms with Crippen molar-refractivity contribution in [2.45, 2.75) is 25.4 Å². The van der Waals surface area contributed by atoms with E-state index in [1.807, 2.05) is 12.1 Å². The van der Waals surface area contributed by atoms with Crippen molar-refractivity contribution in [3.63, 3.8) is 0 Å². The minimum Gasteiger partial charge on any atom is -0.381 e. The molecule has 106 valence electrons. The number of ether oxygens (including phenoxy) is 1. The fourth-order valence-corrected chi connectivity index (χ4v) is 2.33. The van der Waals surface area contributed by atoms with E-state index in [4.69, 9.17) is 9.26 Å². The average Bonchev–Trinajstić information content (AvgIpc) is 2.95. The van der Waals surface area contributed by atoms with E-state index in [9.17, 15) is 4.39 Å². The molecular weight excluding hydrogens is 259 g/mol. The second-order valence-electron chi connectivity index (χ2n) is 4.96. The number of nitrogens with one attached hydrogen (secondary N) is 1. The molecule has 0 bridgehead atoms. The lowest BCUT2D eigenvalue weighted by atomic mass is 10.1. The zero-order valence-electron chi connectivity index (χ0n) is 11.1. The highest BCUT2D eigenvalue weighted by Gasteiger charge is 2.14. The first-order chi connectivity index (χ1) is 9.81. The highest BCUT2D eigenvalue weighted by molar-refractivity contribution is 5.58. The van der Waals surface area contributed by atoms with Gasteiger partial charge in [0.15, 0.2) is 5.76 Å². The van der Waals surface area contributed by atoms with Gasteiger partial charge in [0.25, 0.3) is 0 Å². The van der Waals surface area contributed by atoms with Gasteiger partial charge in [-0.15, -0.1) is 0 Å². The molecule has 3 rings (SSSR count). The molecule has 1 aromatic heterocycles. The van der Waals surface area contributed by atoms with Crippen molar-refractivity contribution in [3.05, 3.63) is 41.9 Å². The van der Waals surface area contributed by atoms with E-state index in [-0.39, 0.29) is 5.82 Å². The van der Waals surface area contributed by atoms with Crippen LogP contribution in [0, 0.1) is 5.82 Å². The third-order valence-corrected chi connectivity index (χ3v) is 3.47. The quantitative estimate of drug-likeness (QED) is 0.932. The first-order valence-corrected chi connectivity index (χ1v) is 6.84. The van der Waals surface area contributed by atoms with Gasteiger partial charge < -0.3 is 14.6 Å². The summed E-state index contributed by atoms with van der Waals surface area (Å²) in [7, 11) is 0. The highest BCUT2D eigenvalue weighted by atomic mass is 19.1. The van der Waals surface area contributed by atoms with Crippen LogP contribution < -0.4 is 5.32 Å². The van der Waals surface area contributed by atoms with Crippen molar-refractivity contribution in [2.24, 2.45) is 0 Å². The fourth-order valence-electron chi connectivity index (χ4n) is 2.33. The van der Waals surface area contributed by atoms with Gasteiger partial charge in [-0.3, -0.25) is 0 Å². The minimum absolute atomic E-state index is 0.271. The largest absolute Gasteiger partial charge is 0.381 e. The molecule has 0 radical (unpaired) electrons. The number of aromatic nitrogens is 1. The van der Waals surface area contributed by atoms with E-state index in [0.29, 0.717) is 18.3 Å². The van der Waals surface area contributed by atoms with Crippen LogP contribution in [0.15, 0.2) is 34.9 Å². The van der Waals surface area contributed by atoms with Crippen molar-refractivity contribution in [2.75, 3.05) is 13.2 Å². The molecular formula is C15H17FN2O2. The van der Waals surface area contributed by atoms with Crippen molar-refractivity contribution in [1.82, 2.24) is 10.5 Å². The molecule has 0 atom stereocenters. The fraction of sp³-hybridized carbons (Fsp3) is 0.400. The molecule has 2 aromatic rings. The number of halogens is 1. The predicted octanol–water partition coefficient (Wildman–Crippen LogP) is 2.75. The standard InChI is InChI=1S/C15H17FN2O2/c16-12-3-1-2-11(8-12)15-9-14(20-18-15)10-17-13-4-6-19-7-5-13/h1-3,8-9,13,17H,4-7,10H2. The Morgan fingerprint density at radius 3 is 2.90 bits per heavy atom. The summed E-state index contributed by atoms with van der Waals surface area (Å²) in [5.74, 6) is 0.489. The summed E-state index contributed by atoms with van der Waals surface area (Å²) in [5, 5.41) is 7.41. The van der Waals surface area contributed by atoms with Gasteiger partial charge in [-0.2, -0.15) is 0 Å². The lowest BCUT2D eigenvalue weighted by Crippen LogP contribution is -2.34. The third kappa shape index (κ3) is 3.23. The second-order valence-corrected chi connectivity index (χ2v) is 4.96. The van der Waals surface area contributed by atoms with E-state index in [0.717, 1.165) is 37.4 Å². The predicted molar refractivity (Wildman–Crippen MR) is 72.6 cm³/mol. The molecule has 0 unspecified atom stereocenters. The van der Waals surface area contributed by atoms with E-state index < -0.39 is 0 Å². The molecule has 0 saturated carbocycles. The lowest BCUT2D eigenvalue weighted by molar-refractivity contribution is 0.0769. The Morgan fingerprint density at radius 2 is 2.10 bits per heavy atom. The maximum Gasteiger partial charge on any atom is 0.151 e. The zero-order valence-corrected chi connectivity index (χ0v) is 11.1. The molecule has 1 saturated heterocycles. The van der Waals surface area contributed by atoms with Gasteiger partial charge in [0, 0.05) is 30.9 Å². The van der Waals surface area contributed by atoms with Crippen LogP contribution in [0.1, 0.15) is 18.6 Å². The zero-order chi connectivity index (χ0) is 13.8. The Kier molecular flexibility index (Phi) is 4.08. The smallest absolute Gasteiger partial charge is 0.151 e. The summed E-state index contributed by atoms with van der Waals surface area (Å²) in [6.45, 7) is 2.25. The molecule has 2 heterocycles. The Balaban J connectivity index is 1.61. The summed E-state index contributed by atoms with van der Waals surface area (Å²) in [4.78, 5) is 0. The van der Waals surface area contributed by atoms with Gasteiger partial charge in [-0.1, -0.05) is 17.3 Å². The minimum atomic E-state index is -0.271. The summed E-state index contributed by atoms with van der Waals surface area (Å²) in [6.07, 6.45) is 2.04. The van der Waals surface area contributed by atoms with E-state index in [1.54, 1.807) is 6.07 Å². The molecule has 1 aromatic carbocycles. The molecule has 5 heteroatoms. The first-order valence-electron chi connectivity index (χ1n) is 6.84. The lowest BCUT2D eigenvalue weighted by Gasteiger charge is -2.22. The van der Waals surface area contributed by atoms with E-state index in [2.05, 4.69) is 10.5 Å². The van der Waals surface area contributed by atoms with Gasteiger partial charge in [0.1, 0.15) is 11.5 Å². The first kappa shape index (κ1) is 13.3. The van der Waals surface area contributed by atoms with Crippen LogP contribution in [0.3, 0.4) is 0 Å². The van der Waals surface area contributed by atoms with Crippen LogP contribution in [0.25, 0.3) is 11.3 Å². The van der Waals surface area contributed by atoms with Gasteiger partial charge in [0.05, 0.1) is 6.54 Å². The van der Waals surface area contributed by atoms with Gasteiger partial charge in [-0.05, 0) is 25.0 Å². The van der Waals surface area contributed by atoms with Crippen LogP contribution in [-0.2, 0) is 11.3 Å². The Hall–Kier alpha value is -1.72. The van der Waals surface area contributed by atoms with Crippen molar-refractivity contribution >= 4 is 0 Å². The molecule has 4 nitrogen and oxygen atoms in total. The van der Waals surface area contributed by atoms with Gasteiger partial charge in [0.2, 0.25) is 0 Å². The van der Waals surface area contributed by atoms with Crippen molar-refractivity contribution in [1.29, 1.82) is 0 Å². The molecule has 1 aliphatic heterocycles. The molecule has 20 heavy (non-hydrogen) atoms. The van der Waals surface area contributed by atoms with Gasteiger partial charge >= 0.3 is 0 Å². The molecule has 0 spiro atoms. The number of hydrogen-bond donors (Lipinski definition) is 1. The molecule has 0 amide bonds. The van der Waals surface area contributed by atoms with Crippen molar-refractivity contribution in [3.8, 4) is 11.3 Å². The summed E-state index contributed by atoms with van der Waals surface area (Å²) in [5.41, 5.74) is 1.39. The highest BCUT2D eigenvalue weighted by Crippen LogP contribution is 2.20. The van der Waals surface area contributed by atoms with Crippen LogP contribution >= 0.6 is 0 Å². The maximum atomic E-state index is 13.2. The Bertz CT molecular complexity index is 565. The summed E-state index contributed by atoms with van der Waals surface area (Å²) < 4.78 is 23.8. The molecule has 0 aliphatic carbocycles. The van der Waals surface area contributed by atoms with E-state index >= 15 is 0 Å². The Morgan fingerprint density at radius 1 is 1.25 bits per heavy atom. The summed E-state index contributed by atoms with van der Waals surface area (Å²) >= 11 is 0. The maximum absolute atomic E-state index is 13.2. The number of hydrogen-bond acceptors (Lipinski definition) is 4. The van der Waals surface area contributed by atoms with E-state index in [1.165, 1.54) is 12.1 Å². The molecule has 1 aliphatic rings. The molecule has 1 N–H and O–H groups in total. The van der Waals surface area contributed by atoms with Crippen LogP contribution in [0.4, 0.5) is 4.39 Å². The number of benzene rings is 1. The van der Waals surface area contributed by atoms with Crippen LogP contribution in [0.5, 0.6) is 0 Å². The SMILES string of the molecule is Fc1cccc(-c2cc(CNC3CCOCC3)on2)c1. The topological polar surface area (TPSA) is 47.3 Å². The molecule has 1 fully saturated rings. The van der Waals surface area contributed by atoms with Crippen LogP contribution in [0.2, 0.25) is 0 Å². The average molecular weight is 276 g/mol. The Labute approximate surface area is 116 Å².